The van der Waals surface area contributed by atoms with Crippen molar-refractivity contribution in [3.63, 3.8) is 0 Å². The Bertz CT molecular complexity index is 669. The molecule has 1 atom stereocenters. The molecule has 1 aliphatic rings. The molecule has 0 spiro atoms. The van der Waals surface area contributed by atoms with Gasteiger partial charge in [0.25, 0.3) is 0 Å². The normalized spacial score (nSPS) is 17.4. The number of nitrogens with zero attached hydrogens (tertiary/aromatic N) is 1. The second-order valence-corrected chi connectivity index (χ2v) is 5.74. The summed E-state index contributed by atoms with van der Waals surface area (Å²) in [6, 6.07) is 6.60. The Morgan fingerprint density at radius 1 is 1.20 bits per heavy atom. The molecule has 2 rings (SSSR count). The van der Waals surface area contributed by atoms with Gasteiger partial charge in [-0.25, -0.2) is 9.59 Å². The van der Waals surface area contributed by atoms with E-state index in [1.807, 2.05) is 38.1 Å². The topological polar surface area (TPSA) is 67.9 Å². The fourth-order valence-electron chi connectivity index (χ4n) is 2.99. The lowest BCUT2D eigenvalue weighted by atomic mass is 9.92. The molecule has 6 nitrogen and oxygen atoms in total. The van der Waals surface area contributed by atoms with Crippen molar-refractivity contribution in [2.45, 2.75) is 39.7 Å². The number of rotatable bonds is 7. The highest BCUT2D eigenvalue weighted by molar-refractivity contribution is 5.95. The van der Waals surface area contributed by atoms with Crippen molar-refractivity contribution in [3.05, 3.63) is 41.1 Å². The molecule has 0 unspecified atom stereocenters. The predicted molar refractivity (Wildman–Crippen MR) is 95.2 cm³/mol. The first-order valence-corrected chi connectivity index (χ1v) is 8.71. The number of allylic oxidation sites excluding steroid dienone is 1. The summed E-state index contributed by atoms with van der Waals surface area (Å²) in [5, 5.41) is 2.91. The Morgan fingerprint density at radius 3 is 2.56 bits per heavy atom. The molecule has 6 heteroatoms. The Hall–Kier alpha value is -2.50. The van der Waals surface area contributed by atoms with Crippen LogP contribution in [0, 0.1) is 0 Å². The van der Waals surface area contributed by atoms with E-state index in [4.69, 9.17) is 9.47 Å². The van der Waals surface area contributed by atoms with E-state index in [1.54, 1.807) is 14.0 Å². The van der Waals surface area contributed by atoms with Gasteiger partial charge in [0.05, 0.1) is 24.8 Å². The Morgan fingerprint density at radius 2 is 1.92 bits per heavy atom. The Balaban J connectivity index is 2.60. The number of urea groups is 1. The van der Waals surface area contributed by atoms with E-state index in [1.165, 1.54) is 4.90 Å². The first-order valence-electron chi connectivity index (χ1n) is 8.71. The van der Waals surface area contributed by atoms with Crippen molar-refractivity contribution in [2.75, 3.05) is 20.3 Å². The molecule has 0 saturated heterocycles. The molecule has 1 aliphatic heterocycles. The molecule has 1 N–H and O–H groups in total. The number of amides is 2. The van der Waals surface area contributed by atoms with Crippen LogP contribution in [0.5, 0.6) is 5.75 Å². The molecule has 2 amide bonds. The van der Waals surface area contributed by atoms with E-state index in [-0.39, 0.29) is 12.6 Å². The van der Waals surface area contributed by atoms with Crippen LogP contribution in [0.25, 0.3) is 0 Å². The summed E-state index contributed by atoms with van der Waals surface area (Å²) < 4.78 is 11.0. The first kappa shape index (κ1) is 18.8. The van der Waals surface area contributed by atoms with Crippen LogP contribution in [0.2, 0.25) is 0 Å². The summed E-state index contributed by atoms with van der Waals surface area (Å²) in [7, 11) is 1.67. The van der Waals surface area contributed by atoms with Gasteiger partial charge in [-0.15, -0.1) is 0 Å². The number of ether oxygens (including phenoxy) is 2. The Labute approximate surface area is 148 Å². The standard InChI is InChI=1S/C19H26N2O4/c1-5-10-14-16(18(22)25-7-3)17(20-19(23)21(14)4)13-11-8-9-12-15(13)24-6-2/h8-9,11-12,17H,5-7,10H2,1-4H3,(H,20,23)/t17-/m1/s1. The van der Waals surface area contributed by atoms with Gasteiger partial charge in [0.1, 0.15) is 5.75 Å². The van der Waals surface area contributed by atoms with Gasteiger partial charge in [0.15, 0.2) is 0 Å². The summed E-state index contributed by atoms with van der Waals surface area (Å²) in [5.74, 6) is 0.242. The lowest BCUT2D eigenvalue weighted by molar-refractivity contribution is -0.139. The molecular weight excluding hydrogens is 320 g/mol. The number of hydrogen-bond donors (Lipinski definition) is 1. The van der Waals surface area contributed by atoms with Crippen molar-refractivity contribution in [2.24, 2.45) is 0 Å². The molecule has 136 valence electrons. The maximum Gasteiger partial charge on any atom is 0.338 e. The number of esters is 1. The van der Waals surface area contributed by atoms with Gasteiger partial charge in [-0.1, -0.05) is 31.5 Å². The second kappa shape index (κ2) is 8.55. The van der Waals surface area contributed by atoms with Gasteiger partial charge in [-0.3, -0.25) is 0 Å². The molecule has 0 saturated carbocycles. The Kier molecular flexibility index (Phi) is 6.44. The number of benzene rings is 1. The molecule has 0 radical (unpaired) electrons. The third kappa shape index (κ3) is 3.95. The van der Waals surface area contributed by atoms with Crippen molar-refractivity contribution in [1.82, 2.24) is 10.2 Å². The average Bonchev–Trinajstić information content (AvgIpc) is 2.60. The molecule has 1 heterocycles. The zero-order valence-corrected chi connectivity index (χ0v) is 15.3. The first-order chi connectivity index (χ1) is 12.0. The van der Waals surface area contributed by atoms with Crippen LogP contribution >= 0.6 is 0 Å². The minimum Gasteiger partial charge on any atom is -0.494 e. The van der Waals surface area contributed by atoms with Gasteiger partial charge in [0, 0.05) is 18.3 Å². The van der Waals surface area contributed by atoms with Crippen LogP contribution in [0.15, 0.2) is 35.5 Å². The van der Waals surface area contributed by atoms with Crippen molar-refractivity contribution in [3.8, 4) is 5.75 Å². The third-order valence-electron chi connectivity index (χ3n) is 4.09. The number of carbonyl (C=O) groups is 2. The molecular formula is C19H26N2O4. The van der Waals surface area contributed by atoms with Crippen LogP contribution in [-0.4, -0.2) is 37.2 Å². The van der Waals surface area contributed by atoms with E-state index in [9.17, 15) is 9.59 Å². The summed E-state index contributed by atoms with van der Waals surface area (Å²) >= 11 is 0. The van der Waals surface area contributed by atoms with Gasteiger partial charge in [-0.2, -0.15) is 0 Å². The van der Waals surface area contributed by atoms with Crippen molar-refractivity contribution >= 4 is 12.0 Å². The highest BCUT2D eigenvalue weighted by atomic mass is 16.5. The van der Waals surface area contributed by atoms with E-state index in [2.05, 4.69) is 5.32 Å². The lowest BCUT2D eigenvalue weighted by Crippen LogP contribution is -2.47. The van der Waals surface area contributed by atoms with Crippen LogP contribution in [0.4, 0.5) is 4.79 Å². The van der Waals surface area contributed by atoms with Crippen LogP contribution in [0.3, 0.4) is 0 Å². The third-order valence-corrected chi connectivity index (χ3v) is 4.09. The fourth-order valence-corrected chi connectivity index (χ4v) is 2.99. The van der Waals surface area contributed by atoms with Gasteiger partial charge in [0.2, 0.25) is 0 Å². The fraction of sp³-hybridized carbons (Fsp3) is 0.474. The van der Waals surface area contributed by atoms with E-state index in [0.717, 1.165) is 12.0 Å². The second-order valence-electron chi connectivity index (χ2n) is 5.74. The number of carbonyl (C=O) groups excluding carboxylic acids is 2. The summed E-state index contributed by atoms with van der Waals surface area (Å²) in [5.41, 5.74) is 1.92. The highest BCUT2D eigenvalue weighted by Gasteiger charge is 2.37. The monoisotopic (exact) mass is 346 g/mol. The quantitative estimate of drug-likeness (QED) is 0.769. The molecule has 25 heavy (non-hydrogen) atoms. The highest BCUT2D eigenvalue weighted by Crippen LogP contribution is 2.36. The smallest absolute Gasteiger partial charge is 0.338 e. The summed E-state index contributed by atoms with van der Waals surface area (Å²) in [6.45, 7) is 6.46. The largest absolute Gasteiger partial charge is 0.494 e. The molecule has 0 fully saturated rings. The minimum absolute atomic E-state index is 0.243. The van der Waals surface area contributed by atoms with Crippen LogP contribution < -0.4 is 10.1 Å². The van der Waals surface area contributed by atoms with Crippen LogP contribution in [-0.2, 0) is 9.53 Å². The van der Waals surface area contributed by atoms with E-state index in [0.29, 0.717) is 30.0 Å². The molecule has 1 aromatic carbocycles. The summed E-state index contributed by atoms with van der Waals surface area (Å²) in [6.07, 6.45) is 1.43. The van der Waals surface area contributed by atoms with Crippen molar-refractivity contribution < 1.29 is 19.1 Å². The average molecular weight is 346 g/mol. The number of hydrogen-bond acceptors (Lipinski definition) is 4. The maximum absolute atomic E-state index is 12.7. The van der Waals surface area contributed by atoms with Crippen molar-refractivity contribution in [1.29, 1.82) is 0 Å². The van der Waals surface area contributed by atoms with Crippen LogP contribution in [0.1, 0.15) is 45.2 Å². The molecule has 0 bridgehead atoms. The zero-order valence-electron chi connectivity index (χ0n) is 15.3. The number of para-hydroxylation sites is 1. The maximum atomic E-state index is 12.7. The zero-order chi connectivity index (χ0) is 18.4. The lowest BCUT2D eigenvalue weighted by Gasteiger charge is -2.35. The summed E-state index contributed by atoms with van der Waals surface area (Å²) in [4.78, 5) is 26.6. The minimum atomic E-state index is -0.591. The van der Waals surface area contributed by atoms with E-state index < -0.39 is 12.0 Å². The molecule has 0 aliphatic carbocycles. The predicted octanol–water partition coefficient (Wildman–Crippen LogP) is 3.40. The van der Waals surface area contributed by atoms with Gasteiger partial charge in [-0.05, 0) is 26.3 Å². The van der Waals surface area contributed by atoms with Gasteiger partial charge >= 0.3 is 12.0 Å². The SMILES string of the molecule is CCCC1=C(C(=O)OCC)[C@@H](c2ccccc2OCC)NC(=O)N1C. The van der Waals surface area contributed by atoms with Gasteiger partial charge < -0.3 is 19.7 Å². The van der Waals surface area contributed by atoms with E-state index >= 15 is 0 Å². The number of nitrogens with one attached hydrogen (secondary N) is 1. The molecule has 0 aromatic heterocycles. The molecule has 1 aromatic rings.